The summed E-state index contributed by atoms with van der Waals surface area (Å²) in [6, 6.07) is 11.2. The summed E-state index contributed by atoms with van der Waals surface area (Å²) in [5.41, 5.74) is 3.60. The summed E-state index contributed by atoms with van der Waals surface area (Å²) in [6.45, 7) is 9.41. The number of hydrogen-bond donors (Lipinski definition) is 0. The highest BCUT2D eigenvalue weighted by Gasteiger charge is 2.42. The van der Waals surface area contributed by atoms with Gasteiger partial charge in [-0.15, -0.1) is 0 Å². The Bertz CT molecular complexity index is 1210. The molecule has 5 nitrogen and oxygen atoms in total. The molecule has 1 amide bonds. The zero-order valence-electron chi connectivity index (χ0n) is 20.1. The fourth-order valence-electron chi connectivity index (χ4n) is 4.71. The van der Waals surface area contributed by atoms with Crippen LogP contribution < -0.4 is 10.2 Å². The van der Waals surface area contributed by atoms with Crippen molar-refractivity contribution in [3.05, 3.63) is 74.6 Å². The van der Waals surface area contributed by atoms with Crippen LogP contribution in [0.15, 0.2) is 45.6 Å². The lowest BCUT2D eigenvalue weighted by Crippen LogP contribution is -2.30. The molecule has 0 saturated heterocycles. The van der Waals surface area contributed by atoms with Gasteiger partial charge in [-0.3, -0.25) is 9.59 Å². The van der Waals surface area contributed by atoms with Gasteiger partial charge in [0.1, 0.15) is 11.3 Å². The summed E-state index contributed by atoms with van der Waals surface area (Å²) in [4.78, 5) is 28.9. The number of rotatable bonds is 9. The van der Waals surface area contributed by atoms with Gasteiger partial charge < -0.3 is 14.1 Å². The van der Waals surface area contributed by atoms with Crippen molar-refractivity contribution < 1.29 is 13.9 Å². The number of aryl methyl sites for hydroxylation is 2. The second-order valence-corrected chi connectivity index (χ2v) is 9.01. The van der Waals surface area contributed by atoms with E-state index in [1.54, 1.807) is 4.90 Å². The first-order chi connectivity index (χ1) is 16.0. The predicted octanol–water partition coefficient (Wildman–Crippen LogP) is 6.32. The molecule has 1 aliphatic heterocycles. The zero-order chi connectivity index (χ0) is 23.5. The zero-order valence-corrected chi connectivity index (χ0v) is 20.1. The Hall–Kier alpha value is -3.08. The van der Waals surface area contributed by atoms with Crippen molar-refractivity contribution in [1.82, 2.24) is 4.90 Å². The van der Waals surface area contributed by atoms with E-state index in [-0.39, 0.29) is 17.1 Å². The molecule has 0 fully saturated rings. The number of amides is 1. The monoisotopic (exact) mass is 447 g/mol. The van der Waals surface area contributed by atoms with Crippen LogP contribution in [0.5, 0.6) is 5.75 Å². The largest absolute Gasteiger partial charge is 0.494 e. The lowest BCUT2D eigenvalue weighted by Gasteiger charge is -2.25. The van der Waals surface area contributed by atoms with Crippen LogP contribution in [-0.2, 0) is 0 Å². The molecule has 0 aliphatic carbocycles. The third-order valence-corrected chi connectivity index (χ3v) is 6.38. The highest BCUT2D eigenvalue weighted by Crippen LogP contribution is 2.39. The predicted molar refractivity (Wildman–Crippen MR) is 131 cm³/mol. The molecule has 2 aromatic carbocycles. The van der Waals surface area contributed by atoms with E-state index in [9.17, 15) is 9.59 Å². The molecular formula is C28H33NO4. The summed E-state index contributed by atoms with van der Waals surface area (Å²) >= 11 is 0. The van der Waals surface area contributed by atoms with Crippen LogP contribution in [0.3, 0.4) is 0 Å². The van der Waals surface area contributed by atoms with Crippen molar-refractivity contribution in [2.75, 3.05) is 13.2 Å². The van der Waals surface area contributed by atoms with Crippen LogP contribution in [0.1, 0.15) is 84.8 Å². The van der Waals surface area contributed by atoms with Crippen molar-refractivity contribution >= 4 is 16.9 Å². The first kappa shape index (κ1) is 23.1. The van der Waals surface area contributed by atoms with Crippen LogP contribution >= 0.6 is 0 Å². The number of fused-ring (bicyclic) bond motifs is 2. The standard InChI is InChI=1S/C28H33NO4/c1-5-7-9-15-32-21-12-10-20(11-13-21)25-24-26(30)23-19(4)16-18(3)17-22(23)33-27(24)28(31)29(25)14-8-6-2/h10-13,16-17,25H,5-9,14-15H2,1-4H3. The van der Waals surface area contributed by atoms with Gasteiger partial charge in [0.15, 0.2) is 5.43 Å². The summed E-state index contributed by atoms with van der Waals surface area (Å²) in [6.07, 6.45) is 5.15. The third-order valence-electron chi connectivity index (χ3n) is 6.38. The fourth-order valence-corrected chi connectivity index (χ4v) is 4.71. The van der Waals surface area contributed by atoms with Crippen molar-refractivity contribution in [2.24, 2.45) is 0 Å². The van der Waals surface area contributed by atoms with Gasteiger partial charge in [-0.1, -0.05) is 51.3 Å². The minimum atomic E-state index is -0.449. The molecule has 0 radical (unpaired) electrons. The molecule has 0 N–H and O–H groups in total. The van der Waals surface area contributed by atoms with Crippen molar-refractivity contribution in [1.29, 1.82) is 0 Å². The second kappa shape index (κ2) is 9.82. The van der Waals surface area contributed by atoms with Crippen molar-refractivity contribution in [2.45, 2.75) is 65.8 Å². The van der Waals surface area contributed by atoms with Crippen LogP contribution in [0.4, 0.5) is 0 Å². The van der Waals surface area contributed by atoms with Crippen LogP contribution in [-0.4, -0.2) is 24.0 Å². The van der Waals surface area contributed by atoms with Crippen molar-refractivity contribution in [3.63, 3.8) is 0 Å². The van der Waals surface area contributed by atoms with Gasteiger partial charge in [-0.25, -0.2) is 0 Å². The quantitative estimate of drug-likeness (QED) is 0.360. The minimum absolute atomic E-state index is 0.110. The molecule has 174 valence electrons. The maximum atomic E-state index is 13.7. The van der Waals surface area contributed by atoms with Crippen LogP contribution in [0.2, 0.25) is 0 Å². The minimum Gasteiger partial charge on any atom is -0.494 e. The van der Waals surface area contributed by atoms with Gasteiger partial charge in [0.05, 0.1) is 23.6 Å². The number of ether oxygens (including phenoxy) is 1. The molecule has 1 aliphatic rings. The van der Waals surface area contributed by atoms with Gasteiger partial charge in [0.2, 0.25) is 5.76 Å². The number of carbonyl (C=O) groups excluding carboxylic acids is 1. The average molecular weight is 448 g/mol. The van der Waals surface area contributed by atoms with Gasteiger partial charge >= 0.3 is 0 Å². The topological polar surface area (TPSA) is 59.8 Å². The van der Waals surface area contributed by atoms with Gasteiger partial charge in [-0.05, 0) is 61.6 Å². The molecule has 5 heteroatoms. The van der Waals surface area contributed by atoms with E-state index in [4.69, 9.17) is 9.15 Å². The average Bonchev–Trinajstić information content (AvgIpc) is 3.07. The lowest BCUT2D eigenvalue weighted by molar-refractivity contribution is 0.0725. The maximum Gasteiger partial charge on any atom is 0.290 e. The molecule has 0 saturated carbocycles. The number of nitrogens with zero attached hydrogens (tertiary/aromatic N) is 1. The van der Waals surface area contributed by atoms with Crippen molar-refractivity contribution in [3.8, 4) is 5.75 Å². The second-order valence-electron chi connectivity index (χ2n) is 9.01. The SMILES string of the molecule is CCCCCOc1ccc(C2c3c(oc4cc(C)cc(C)c4c3=O)C(=O)N2CCCC)cc1. The number of carbonyl (C=O) groups is 1. The van der Waals surface area contributed by atoms with E-state index in [2.05, 4.69) is 13.8 Å². The van der Waals surface area contributed by atoms with E-state index in [1.807, 2.05) is 50.2 Å². The van der Waals surface area contributed by atoms with Gasteiger partial charge in [0, 0.05) is 6.54 Å². The molecule has 33 heavy (non-hydrogen) atoms. The fraction of sp³-hybridized carbons (Fsp3) is 0.429. The summed E-state index contributed by atoms with van der Waals surface area (Å²) in [5, 5.41) is 0.561. The molecule has 0 spiro atoms. The molecule has 0 bridgehead atoms. The molecule has 1 aromatic heterocycles. The first-order valence-electron chi connectivity index (χ1n) is 12.1. The Morgan fingerprint density at radius 1 is 0.970 bits per heavy atom. The smallest absolute Gasteiger partial charge is 0.290 e. The Kier molecular flexibility index (Phi) is 6.87. The highest BCUT2D eigenvalue weighted by atomic mass is 16.5. The summed E-state index contributed by atoms with van der Waals surface area (Å²) in [5.74, 6) is 0.774. The maximum absolute atomic E-state index is 13.7. The van der Waals surface area contributed by atoms with E-state index < -0.39 is 6.04 Å². The number of hydrogen-bond acceptors (Lipinski definition) is 4. The van der Waals surface area contributed by atoms with E-state index in [1.165, 1.54) is 0 Å². The van der Waals surface area contributed by atoms with E-state index in [0.29, 0.717) is 29.7 Å². The Morgan fingerprint density at radius 2 is 1.70 bits per heavy atom. The summed E-state index contributed by atoms with van der Waals surface area (Å²) < 4.78 is 12.0. The summed E-state index contributed by atoms with van der Waals surface area (Å²) in [7, 11) is 0. The molecule has 1 unspecified atom stereocenters. The molecular weight excluding hydrogens is 414 g/mol. The Morgan fingerprint density at radius 3 is 2.39 bits per heavy atom. The third kappa shape index (κ3) is 4.41. The highest BCUT2D eigenvalue weighted by molar-refractivity contribution is 5.99. The van der Waals surface area contributed by atoms with E-state index in [0.717, 1.165) is 54.5 Å². The molecule has 4 rings (SSSR count). The number of unbranched alkanes of at least 4 members (excludes halogenated alkanes) is 3. The molecule has 3 aromatic rings. The normalized spacial score (nSPS) is 15.3. The Labute approximate surface area is 195 Å². The van der Waals surface area contributed by atoms with Crippen LogP contribution in [0.25, 0.3) is 11.0 Å². The van der Waals surface area contributed by atoms with Gasteiger partial charge in [-0.2, -0.15) is 0 Å². The lowest BCUT2D eigenvalue weighted by atomic mass is 9.96. The van der Waals surface area contributed by atoms with E-state index >= 15 is 0 Å². The van der Waals surface area contributed by atoms with Gasteiger partial charge in [0.25, 0.3) is 5.91 Å². The first-order valence-corrected chi connectivity index (χ1v) is 12.1. The Balaban J connectivity index is 1.77. The molecule has 1 atom stereocenters. The van der Waals surface area contributed by atoms with Crippen LogP contribution in [0, 0.1) is 13.8 Å². The number of benzene rings is 2. The molecule has 2 heterocycles.